The Labute approximate surface area is 315 Å². The Kier molecular flexibility index (Phi) is 14.3. The molecule has 0 aliphatic carbocycles. The van der Waals surface area contributed by atoms with Crippen LogP contribution in [0.4, 0.5) is 66.4 Å². The third-order valence-corrected chi connectivity index (χ3v) is 7.70. The van der Waals surface area contributed by atoms with E-state index in [1.165, 1.54) is 12.3 Å². The Hall–Kier alpha value is -5.03. The normalized spacial score (nSPS) is 11.0. The molecule has 0 aliphatic rings. The van der Waals surface area contributed by atoms with E-state index >= 15 is 0 Å². The van der Waals surface area contributed by atoms with E-state index in [2.05, 4.69) is 15.3 Å². The van der Waals surface area contributed by atoms with Crippen LogP contribution in [-0.4, -0.2) is 29.7 Å². The lowest BCUT2D eigenvalue weighted by atomic mass is 10.1. The zero-order chi connectivity index (χ0) is 40.9. The molecule has 0 atom stereocenters. The molecule has 3 N–H and O–H groups in total. The van der Waals surface area contributed by atoms with Gasteiger partial charge in [-0.2, -0.15) is 26.3 Å². The predicted octanol–water partition coefficient (Wildman–Crippen LogP) is 10.7. The molecule has 2 aromatic carbocycles. The highest BCUT2D eigenvalue weighted by Gasteiger charge is 2.43. The smallest absolute Gasteiger partial charge is 0.382 e. The fraction of sp³-hybridized carbons (Fsp3) is 0.154. The van der Waals surface area contributed by atoms with Gasteiger partial charge in [-0.3, -0.25) is 40.5 Å². The molecule has 0 radical (unpaired) electrons. The van der Waals surface area contributed by atoms with Gasteiger partial charge in [-0.15, -0.1) is 0 Å². The van der Waals surface area contributed by atoms with Gasteiger partial charge in [0.2, 0.25) is 0 Å². The van der Waals surface area contributed by atoms with E-state index in [4.69, 9.17) is 63.7 Å². The highest BCUT2D eigenvalue weighted by Crippen LogP contribution is 2.49. The molecule has 0 saturated heterocycles. The number of rotatable bonds is 6. The second-order valence-electron chi connectivity index (χ2n) is 9.77. The molecular weight excluding hydrogens is 844 g/mol. The van der Waals surface area contributed by atoms with Gasteiger partial charge in [-0.05, 0) is 37.1 Å². The maximum absolute atomic E-state index is 13.0. The number of hydrogen-bond donors (Lipinski definition) is 2. The lowest BCUT2D eigenvalue weighted by Gasteiger charge is -2.13. The quantitative estimate of drug-likeness (QED) is 0.105. The van der Waals surface area contributed by atoms with Gasteiger partial charge >= 0.3 is 29.4 Å². The second-order valence-corrected chi connectivity index (χ2v) is 11.7. The average molecular weight is 859 g/mol. The molecule has 0 saturated carbocycles. The first kappa shape index (κ1) is 44.1. The zero-order valence-corrected chi connectivity index (χ0v) is 29.4. The summed E-state index contributed by atoms with van der Waals surface area (Å²) in [5, 5.41) is 42.6. The summed E-state index contributed by atoms with van der Waals surface area (Å²) in [6, 6.07) is 3.35. The molecule has 284 valence electrons. The Morgan fingerprint density at radius 2 is 1.04 bits per heavy atom. The van der Waals surface area contributed by atoms with Gasteiger partial charge in [0.1, 0.15) is 21.7 Å². The molecule has 0 unspecified atom stereocenters. The molecule has 53 heavy (non-hydrogen) atoms. The summed E-state index contributed by atoms with van der Waals surface area (Å²) >= 11 is 27.6. The number of nitrogens with one attached hydrogen (secondary N) is 1. The van der Waals surface area contributed by atoms with Crippen LogP contribution in [0.1, 0.15) is 22.3 Å². The number of nitrogen functional groups attached to an aromatic ring is 1. The molecule has 0 bridgehead atoms. The van der Waals surface area contributed by atoms with Gasteiger partial charge < -0.3 is 11.1 Å². The number of pyridine rings is 2. The van der Waals surface area contributed by atoms with Crippen molar-refractivity contribution < 1.29 is 46.0 Å². The van der Waals surface area contributed by atoms with Crippen LogP contribution in [0.2, 0.25) is 25.1 Å². The first-order valence-corrected chi connectivity index (χ1v) is 15.0. The van der Waals surface area contributed by atoms with E-state index < -0.39 is 86.7 Å². The highest BCUT2D eigenvalue weighted by molar-refractivity contribution is 6.40. The molecule has 0 amide bonds. The minimum Gasteiger partial charge on any atom is -0.382 e. The van der Waals surface area contributed by atoms with Crippen molar-refractivity contribution in [3.05, 3.63) is 124 Å². The van der Waals surface area contributed by atoms with Crippen LogP contribution >= 0.6 is 58.0 Å². The minimum atomic E-state index is -5.13. The van der Waals surface area contributed by atoms with Crippen LogP contribution < -0.4 is 11.1 Å². The molecule has 0 spiro atoms. The number of halogens is 11. The van der Waals surface area contributed by atoms with Crippen LogP contribution in [0.15, 0.2) is 36.7 Å². The van der Waals surface area contributed by atoms with Gasteiger partial charge in [0, 0.05) is 24.5 Å². The maximum atomic E-state index is 13.0. The summed E-state index contributed by atoms with van der Waals surface area (Å²) < 4.78 is 76.5. The van der Waals surface area contributed by atoms with Crippen LogP contribution in [0.25, 0.3) is 0 Å². The van der Waals surface area contributed by atoms with Crippen molar-refractivity contribution in [1.82, 2.24) is 9.97 Å². The summed E-state index contributed by atoms with van der Waals surface area (Å²) in [6.07, 6.45) is -7.22. The van der Waals surface area contributed by atoms with Crippen molar-refractivity contribution in [2.24, 2.45) is 0 Å². The summed E-state index contributed by atoms with van der Waals surface area (Å²) in [5.41, 5.74) is -2.37. The Morgan fingerprint density at radius 1 is 0.623 bits per heavy atom. The number of aromatic nitrogens is 2. The van der Waals surface area contributed by atoms with E-state index in [0.717, 1.165) is 5.56 Å². The SMILES string of the molecule is Cc1cnc(N)c(Cl)c1.Cc1cnc(Nc2c([N+](=O)[O-])cc(C(F)(F)F)c(Cl)c2[N+](=O)[O-])c(Cl)c1.O=[N+]([O-])c1cc(C(F)(F)F)c(Cl)c([N+](=O)[O-])c1Cl. The molecule has 16 nitrogen and oxygen atoms in total. The van der Waals surface area contributed by atoms with E-state index in [9.17, 15) is 66.8 Å². The van der Waals surface area contributed by atoms with Crippen LogP contribution in [0.3, 0.4) is 0 Å². The zero-order valence-electron chi connectivity index (χ0n) is 25.6. The molecule has 0 fully saturated rings. The lowest BCUT2D eigenvalue weighted by Crippen LogP contribution is -2.11. The average Bonchev–Trinajstić information content (AvgIpc) is 2.99. The minimum absolute atomic E-state index is 0.0513. The molecule has 2 heterocycles. The maximum Gasteiger partial charge on any atom is 0.418 e. The molecule has 4 rings (SSSR count). The van der Waals surface area contributed by atoms with Crippen LogP contribution in [0, 0.1) is 54.3 Å². The largest absolute Gasteiger partial charge is 0.418 e. The number of nitro groups is 4. The number of aryl methyl sites for hydroxylation is 2. The van der Waals surface area contributed by atoms with Crippen molar-refractivity contribution in [2.75, 3.05) is 11.1 Å². The molecule has 0 aliphatic heterocycles. The fourth-order valence-electron chi connectivity index (χ4n) is 3.67. The van der Waals surface area contributed by atoms with E-state index in [1.807, 2.05) is 6.92 Å². The van der Waals surface area contributed by atoms with E-state index in [0.29, 0.717) is 16.4 Å². The Bertz CT molecular complexity index is 2130. The molecule has 4 aromatic rings. The van der Waals surface area contributed by atoms with Crippen molar-refractivity contribution in [2.45, 2.75) is 26.2 Å². The third-order valence-electron chi connectivity index (χ3n) is 5.97. The van der Waals surface area contributed by atoms with Gasteiger partial charge in [0.25, 0.3) is 5.69 Å². The predicted molar refractivity (Wildman–Crippen MR) is 180 cm³/mol. The van der Waals surface area contributed by atoms with Crippen molar-refractivity contribution in [3.8, 4) is 0 Å². The van der Waals surface area contributed by atoms with Crippen LogP contribution in [0.5, 0.6) is 0 Å². The third kappa shape index (κ3) is 11.0. The Morgan fingerprint density at radius 3 is 1.42 bits per heavy atom. The van der Waals surface area contributed by atoms with Gasteiger partial charge in [0.15, 0.2) is 10.7 Å². The van der Waals surface area contributed by atoms with Crippen molar-refractivity contribution in [1.29, 1.82) is 0 Å². The van der Waals surface area contributed by atoms with Gasteiger partial charge in [-0.25, -0.2) is 9.97 Å². The summed E-state index contributed by atoms with van der Waals surface area (Å²) in [6.45, 7) is 3.56. The number of benzene rings is 2. The van der Waals surface area contributed by atoms with Gasteiger partial charge in [0.05, 0.1) is 40.9 Å². The molecule has 2 aromatic heterocycles. The lowest BCUT2D eigenvalue weighted by molar-refractivity contribution is -0.394. The fourth-order valence-corrected chi connectivity index (χ4v) is 5.15. The second kappa shape index (κ2) is 17.2. The summed E-state index contributed by atoms with van der Waals surface area (Å²) in [5.74, 6) is 0.168. The molecular formula is C26H15Cl5F6N8O8. The van der Waals surface area contributed by atoms with Crippen molar-refractivity contribution >= 4 is 98.1 Å². The number of hydrogen-bond acceptors (Lipinski definition) is 12. The van der Waals surface area contributed by atoms with Crippen LogP contribution in [-0.2, 0) is 12.4 Å². The summed E-state index contributed by atoms with van der Waals surface area (Å²) in [4.78, 5) is 46.1. The first-order chi connectivity index (χ1) is 24.2. The van der Waals surface area contributed by atoms with Gasteiger partial charge in [-0.1, -0.05) is 58.0 Å². The number of nitrogens with two attached hydrogens (primary N) is 1. The highest BCUT2D eigenvalue weighted by atomic mass is 35.5. The van der Waals surface area contributed by atoms with Crippen molar-refractivity contribution in [3.63, 3.8) is 0 Å². The number of nitrogens with zero attached hydrogens (tertiary/aromatic N) is 6. The van der Waals surface area contributed by atoms with E-state index in [1.54, 1.807) is 19.2 Å². The monoisotopic (exact) mass is 856 g/mol. The van der Waals surface area contributed by atoms with E-state index in [-0.39, 0.29) is 23.0 Å². The number of anilines is 3. The first-order valence-electron chi connectivity index (χ1n) is 13.1. The standard InChI is InChI=1S/C13H7Cl2F3N4O4.C7HCl2F3N2O4.C6H7ClN2/c1-5-2-7(14)12(19-4-5)20-10-8(21(23)24)3-6(13(16,17)18)9(15)11(10)22(25)26;8-4-2(7(10,11)12)1-3(13(15)16)5(9)6(4)14(17)18;1-4-2-5(7)6(8)9-3-4/h2-4H,1H3,(H,19,20);1H;2-3H,1H3,(H2,8,9). The summed E-state index contributed by atoms with van der Waals surface area (Å²) in [7, 11) is 0. The Balaban J connectivity index is 0.000000309. The number of alkyl halides is 6. The topological polar surface area (TPSA) is 236 Å². The molecule has 27 heteroatoms. The number of nitro benzene ring substituents is 4.